The van der Waals surface area contributed by atoms with Crippen LogP contribution in [0.1, 0.15) is 29.5 Å². The molecule has 1 aliphatic heterocycles. The Morgan fingerprint density at radius 1 is 0.828 bits per heavy atom. The topological polar surface area (TPSA) is 34.5 Å². The molecule has 29 heavy (non-hydrogen) atoms. The molecule has 0 saturated carbocycles. The van der Waals surface area contributed by atoms with Crippen molar-refractivity contribution in [2.45, 2.75) is 39.0 Å². The standard InChI is InChI=1S/C25H28N2O2/c28-25-18-24(29-20-22-7-2-1-3-8-22)12-16-27(25)15-11-21-9-6-10-23(17-21)19-26-13-4-5-14-26/h1-3,6-10,12,16-18H,4-5,11,13-15,19-20H2. The second-order valence-corrected chi connectivity index (χ2v) is 7.72. The van der Waals surface area contributed by atoms with Crippen molar-refractivity contribution in [1.82, 2.24) is 9.47 Å². The highest BCUT2D eigenvalue weighted by Crippen LogP contribution is 2.15. The first kappa shape index (κ1) is 19.5. The minimum atomic E-state index is -0.0243. The van der Waals surface area contributed by atoms with Gasteiger partial charge in [-0.2, -0.15) is 0 Å². The van der Waals surface area contributed by atoms with E-state index in [0.717, 1.165) is 18.5 Å². The lowest BCUT2D eigenvalue weighted by Crippen LogP contribution is -2.20. The molecule has 0 N–H and O–H groups in total. The normalized spacial score (nSPS) is 14.2. The van der Waals surface area contributed by atoms with Gasteiger partial charge in [0.05, 0.1) is 0 Å². The zero-order valence-electron chi connectivity index (χ0n) is 16.8. The molecule has 4 rings (SSSR count). The van der Waals surface area contributed by atoms with Crippen LogP contribution in [0, 0.1) is 0 Å². The minimum absolute atomic E-state index is 0.0243. The Hall–Kier alpha value is -2.85. The molecule has 2 aromatic carbocycles. The van der Waals surface area contributed by atoms with Crippen molar-refractivity contribution >= 4 is 0 Å². The van der Waals surface area contributed by atoms with E-state index in [1.807, 2.05) is 42.6 Å². The molecule has 0 atom stereocenters. The highest BCUT2D eigenvalue weighted by atomic mass is 16.5. The molecule has 1 fully saturated rings. The lowest BCUT2D eigenvalue weighted by molar-refractivity contribution is 0.305. The van der Waals surface area contributed by atoms with Crippen LogP contribution >= 0.6 is 0 Å². The van der Waals surface area contributed by atoms with Gasteiger partial charge in [0.15, 0.2) is 0 Å². The molecule has 4 heteroatoms. The van der Waals surface area contributed by atoms with Crippen molar-refractivity contribution < 1.29 is 4.74 Å². The first-order valence-corrected chi connectivity index (χ1v) is 10.4. The summed E-state index contributed by atoms with van der Waals surface area (Å²) in [5, 5.41) is 0. The van der Waals surface area contributed by atoms with E-state index in [1.165, 1.54) is 37.1 Å². The van der Waals surface area contributed by atoms with Crippen LogP contribution < -0.4 is 10.3 Å². The van der Waals surface area contributed by atoms with Crippen molar-refractivity contribution in [2.75, 3.05) is 13.1 Å². The first-order chi connectivity index (χ1) is 14.3. The van der Waals surface area contributed by atoms with Crippen molar-refractivity contribution in [1.29, 1.82) is 0 Å². The quantitative estimate of drug-likeness (QED) is 0.578. The summed E-state index contributed by atoms with van der Waals surface area (Å²) in [6.07, 6.45) is 5.30. The van der Waals surface area contributed by atoms with Gasteiger partial charge in [-0.25, -0.2) is 0 Å². The summed E-state index contributed by atoms with van der Waals surface area (Å²) in [4.78, 5) is 15.0. The predicted molar refractivity (Wildman–Crippen MR) is 116 cm³/mol. The fourth-order valence-corrected chi connectivity index (χ4v) is 3.84. The number of rotatable bonds is 8. The molecular weight excluding hydrogens is 360 g/mol. The van der Waals surface area contributed by atoms with E-state index < -0.39 is 0 Å². The van der Waals surface area contributed by atoms with E-state index in [0.29, 0.717) is 18.9 Å². The average Bonchev–Trinajstić information content (AvgIpc) is 3.26. The van der Waals surface area contributed by atoms with E-state index in [-0.39, 0.29) is 5.56 Å². The molecule has 2 heterocycles. The Labute approximate surface area is 172 Å². The molecule has 1 aliphatic rings. The van der Waals surface area contributed by atoms with Crippen LogP contribution in [-0.4, -0.2) is 22.6 Å². The van der Waals surface area contributed by atoms with Gasteiger partial charge in [0.25, 0.3) is 5.56 Å². The molecule has 0 bridgehead atoms. The van der Waals surface area contributed by atoms with Crippen LogP contribution in [0.2, 0.25) is 0 Å². The van der Waals surface area contributed by atoms with Gasteiger partial charge in [0.2, 0.25) is 0 Å². The number of benzene rings is 2. The van der Waals surface area contributed by atoms with Crippen LogP contribution in [0.3, 0.4) is 0 Å². The van der Waals surface area contributed by atoms with Gasteiger partial charge in [-0.05, 0) is 55.1 Å². The second kappa shape index (κ2) is 9.57. The summed E-state index contributed by atoms with van der Waals surface area (Å²) >= 11 is 0. The predicted octanol–water partition coefficient (Wildman–Crippen LogP) is 4.27. The number of nitrogens with zero attached hydrogens (tertiary/aromatic N) is 2. The Kier molecular flexibility index (Phi) is 6.42. The monoisotopic (exact) mass is 388 g/mol. The number of aromatic nitrogens is 1. The number of ether oxygens (including phenoxy) is 1. The number of likely N-dealkylation sites (tertiary alicyclic amines) is 1. The fourth-order valence-electron chi connectivity index (χ4n) is 3.84. The second-order valence-electron chi connectivity index (χ2n) is 7.72. The molecule has 4 nitrogen and oxygen atoms in total. The summed E-state index contributed by atoms with van der Waals surface area (Å²) in [7, 11) is 0. The molecule has 0 radical (unpaired) electrons. The number of pyridine rings is 1. The van der Waals surface area contributed by atoms with Gasteiger partial charge in [-0.3, -0.25) is 9.69 Å². The third-order valence-electron chi connectivity index (χ3n) is 5.45. The fraction of sp³-hybridized carbons (Fsp3) is 0.320. The molecule has 1 saturated heterocycles. The molecule has 3 aromatic rings. The van der Waals surface area contributed by atoms with Gasteiger partial charge < -0.3 is 9.30 Å². The van der Waals surface area contributed by atoms with E-state index in [1.54, 1.807) is 10.6 Å². The first-order valence-electron chi connectivity index (χ1n) is 10.4. The number of hydrogen-bond acceptors (Lipinski definition) is 3. The van der Waals surface area contributed by atoms with Crippen LogP contribution in [0.4, 0.5) is 0 Å². The van der Waals surface area contributed by atoms with Crippen LogP contribution in [0.25, 0.3) is 0 Å². The van der Waals surface area contributed by atoms with Gasteiger partial charge in [0.1, 0.15) is 12.4 Å². The molecule has 0 spiro atoms. The van der Waals surface area contributed by atoms with Crippen molar-refractivity contribution in [2.24, 2.45) is 0 Å². The zero-order valence-corrected chi connectivity index (χ0v) is 16.8. The average molecular weight is 389 g/mol. The number of hydrogen-bond donors (Lipinski definition) is 0. The lowest BCUT2D eigenvalue weighted by Gasteiger charge is -2.15. The van der Waals surface area contributed by atoms with E-state index >= 15 is 0 Å². The summed E-state index contributed by atoms with van der Waals surface area (Å²) in [5.41, 5.74) is 3.70. The van der Waals surface area contributed by atoms with Crippen LogP contribution in [0.15, 0.2) is 77.7 Å². The minimum Gasteiger partial charge on any atom is -0.489 e. The van der Waals surface area contributed by atoms with Crippen molar-refractivity contribution in [3.63, 3.8) is 0 Å². The molecule has 0 amide bonds. The van der Waals surface area contributed by atoms with Gasteiger partial charge in [-0.1, -0.05) is 54.6 Å². The Balaban J connectivity index is 1.33. The van der Waals surface area contributed by atoms with E-state index in [9.17, 15) is 4.79 Å². The van der Waals surface area contributed by atoms with Crippen LogP contribution in [0.5, 0.6) is 5.75 Å². The summed E-state index contributed by atoms with van der Waals surface area (Å²) in [6, 6.07) is 22.2. The zero-order chi connectivity index (χ0) is 19.9. The summed E-state index contributed by atoms with van der Waals surface area (Å²) < 4.78 is 7.50. The molecular formula is C25H28N2O2. The maximum absolute atomic E-state index is 12.4. The van der Waals surface area contributed by atoms with E-state index in [4.69, 9.17) is 4.74 Å². The highest BCUT2D eigenvalue weighted by Gasteiger charge is 2.11. The maximum atomic E-state index is 12.4. The van der Waals surface area contributed by atoms with Gasteiger partial charge in [0, 0.05) is 25.4 Å². The molecule has 0 unspecified atom stereocenters. The third-order valence-corrected chi connectivity index (χ3v) is 5.45. The molecule has 1 aromatic heterocycles. The Morgan fingerprint density at radius 3 is 2.38 bits per heavy atom. The largest absolute Gasteiger partial charge is 0.489 e. The Morgan fingerprint density at radius 2 is 1.59 bits per heavy atom. The van der Waals surface area contributed by atoms with Crippen molar-refractivity contribution in [3.05, 3.63) is 100.0 Å². The van der Waals surface area contributed by atoms with Crippen molar-refractivity contribution in [3.8, 4) is 5.75 Å². The van der Waals surface area contributed by atoms with E-state index in [2.05, 4.69) is 29.2 Å². The highest BCUT2D eigenvalue weighted by molar-refractivity contribution is 5.24. The molecule has 0 aliphatic carbocycles. The van der Waals surface area contributed by atoms with Gasteiger partial charge in [-0.15, -0.1) is 0 Å². The Bertz CT molecular complexity index is 975. The van der Waals surface area contributed by atoms with Crippen LogP contribution in [-0.2, 0) is 26.1 Å². The molecule has 150 valence electrons. The summed E-state index contributed by atoms with van der Waals surface area (Å²) in [5.74, 6) is 0.614. The third kappa shape index (κ3) is 5.58. The summed E-state index contributed by atoms with van der Waals surface area (Å²) in [6.45, 7) is 4.58. The maximum Gasteiger partial charge on any atom is 0.254 e. The number of aryl methyl sites for hydroxylation is 2. The SMILES string of the molecule is O=c1cc(OCc2ccccc2)ccn1CCc1cccc(CN2CCCC2)c1. The smallest absolute Gasteiger partial charge is 0.254 e. The van der Waals surface area contributed by atoms with Gasteiger partial charge >= 0.3 is 0 Å². The lowest BCUT2D eigenvalue weighted by atomic mass is 10.1.